The number of terminal acetylenes is 1. The standard InChI is InChI=1S/C45H68BO15/c1-10-11-20-37(49)53-28(4)31-17-13-12-14-18-33(47)42(6,7)35-23-21-27(3)45(56-35)39-41(51)55-32-25-30(52-29(32)5)16-15-19-34(48)43(8,9)36-24-22-26(2)44(57-36)38(40(50)54-31)58-46(59-39,60-44)61-45/h1,12-13,26-36,38-39,47-48H,11,14-25H2,2-9H3/q-1/b13-12-/t26-,27-,28-,29-,30-,31+,32+,33+,34-,35+,36+,38+,39+,44+,45+,46?/m1/s1. The highest BCUT2D eigenvalue weighted by molar-refractivity contribution is 6.56. The number of rotatable bonds is 4. The molecule has 2 N–H and O–H groups in total. The molecule has 342 valence electrons. The van der Waals surface area contributed by atoms with E-state index in [1.54, 1.807) is 6.92 Å². The third kappa shape index (κ3) is 8.82. The zero-order chi connectivity index (χ0) is 44.1. The van der Waals surface area contributed by atoms with Gasteiger partial charge in [-0.15, -0.1) is 12.3 Å². The van der Waals surface area contributed by atoms with Gasteiger partial charge >= 0.3 is 24.9 Å². The molecule has 0 saturated carbocycles. The van der Waals surface area contributed by atoms with Gasteiger partial charge in [-0.05, 0) is 71.6 Å². The molecule has 6 fully saturated rings. The van der Waals surface area contributed by atoms with Gasteiger partial charge in [0, 0.05) is 41.9 Å². The summed E-state index contributed by atoms with van der Waals surface area (Å²) in [5.74, 6) is -4.55. The first-order valence-corrected chi connectivity index (χ1v) is 22.7. The molecule has 0 aromatic heterocycles. The van der Waals surface area contributed by atoms with Crippen LogP contribution in [-0.4, -0.2) is 114 Å². The Morgan fingerprint density at radius 1 is 0.852 bits per heavy atom. The summed E-state index contributed by atoms with van der Waals surface area (Å²) >= 11 is 0. The van der Waals surface area contributed by atoms with Crippen LogP contribution in [-0.2, 0) is 61.4 Å². The van der Waals surface area contributed by atoms with E-state index >= 15 is 0 Å². The van der Waals surface area contributed by atoms with Gasteiger partial charge in [-0.25, -0.2) is 9.59 Å². The molecule has 61 heavy (non-hydrogen) atoms. The van der Waals surface area contributed by atoms with Crippen LogP contribution in [0.25, 0.3) is 0 Å². The van der Waals surface area contributed by atoms with Crippen LogP contribution in [0, 0.1) is 35.0 Å². The summed E-state index contributed by atoms with van der Waals surface area (Å²) in [5, 5.41) is 23.5. The molecule has 7 rings (SSSR count). The van der Waals surface area contributed by atoms with Crippen molar-refractivity contribution in [2.45, 2.75) is 218 Å². The summed E-state index contributed by atoms with van der Waals surface area (Å²) in [5.41, 5.74) is -1.67. The number of carbonyl (C=O) groups is 3. The van der Waals surface area contributed by atoms with Crippen LogP contribution in [0.3, 0.4) is 0 Å². The topological polar surface area (TPSA) is 184 Å². The van der Waals surface area contributed by atoms with Crippen molar-refractivity contribution in [1.82, 2.24) is 0 Å². The van der Waals surface area contributed by atoms with Gasteiger partial charge in [-0.1, -0.05) is 53.7 Å². The highest BCUT2D eigenvalue weighted by Gasteiger charge is 2.73. The smallest absolute Gasteiger partial charge is 0.504 e. The van der Waals surface area contributed by atoms with Crippen molar-refractivity contribution >= 4 is 24.9 Å². The van der Waals surface area contributed by atoms with Crippen molar-refractivity contribution in [3.8, 4) is 12.3 Å². The lowest BCUT2D eigenvalue weighted by atomic mass is 9.73. The van der Waals surface area contributed by atoms with E-state index in [1.807, 2.05) is 60.6 Å². The quantitative estimate of drug-likeness (QED) is 0.122. The maximum absolute atomic E-state index is 14.9. The van der Waals surface area contributed by atoms with Crippen molar-refractivity contribution in [2.75, 3.05) is 0 Å². The maximum atomic E-state index is 14.9. The molecule has 0 aliphatic carbocycles. The van der Waals surface area contributed by atoms with Crippen molar-refractivity contribution in [3.05, 3.63) is 12.2 Å². The van der Waals surface area contributed by atoms with E-state index in [2.05, 4.69) is 5.92 Å². The average Bonchev–Trinajstić information content (AvgIpc) is 3.83. The molecule has 9 bridgehead atoms. The number of hydrogen-bond acceptors (Lipinski definition) is 15. The fourth-order valence-corrected chi connectivity index (χ4v) is 10.5. The normalized spacial score (nSPS) is 46.0. The Labute approximate surface area is 360 Å². The Hall–Kier alpha value is -2.59. The molecule has 7 aliphatic heterocycles. The van der Waals surface area contributed by atoms with Crippen molar-refractivity contribution in [2.24, 2.45) is 22.7 Å². The minimum absolute atomic E-state index is 0.0120. The molecule has 0 radical (unpaired) electrons. The first kappa shape index (κ1) is 46.4. The molecule has 3 spiro atoms. The highest BCUT2D eigenvalue weighted by Crippen LogP contribution is 2.57. The first-order chi connectivity index (χ1) is 28.8. The van der Waals surface area contributed by atoms with E-state index in [1.165, 1.54) is 0 Å². The second-order valence-electron chi connectivity index (χ2n) is 19.9. The van der Waals surface area contributed by atoms with E-state index in [-0.39, 0.29) is 25.4 Å². The number of aliphatic hydroxyl groups excluding tert-OH is 2. The van der Waals surface area contributed by atoms with E-state index in [0.717, 1.165) is 0 Å². The van der Waals surface area contributed by atoms with Gasteiger partial charge < -0.3 is 57.3 Å². The molecule has 16 atom stereocenters. The zero-order valence-corrected chi connectivity index (χ0v) is 37.2. The third-order valence-electron chi connectivity index (χ3n) is 15.0. The molecule has 0 aromatic rings. The lowest BCUT2D eigenvalue weighted by molar-refractivity contribution is -0.311. The van der Waals surface area contributed by atoms with Crippen LogP contribution in [0.2, 0.25) is 0 Å². The van der Waals surface area contributed by atoms with E-state index in [4.69, 9.17) is 53.5 Å². The van der Waals surface area contributed by atoms with Gasteiger partial charge in [-0.3, -0.25) is 4.79 Å². The monoisotopic (exact) mass is 859 g/mol. The summed E-state index contributed by atoms with van der Waals surface area (Å²) in [6, 6.07) is 0. The fraction of sp³-hybridized carbons (Fsp3) is 0.844. The maximum Gasteiger partial charge on any atom is 0.536 e. The van der Waals surface area contributed by atoms with Crippen LogP contribution in [0.15, 0.2) is 12.2 Å². The lowest BCUT2D eigenvalue weighted by Gasteiger charge is -2.52. The molecule has 0 amide bonds. The molecular weight excluding hydrogens is 791 g/mol. The Balaban J connectivity index is 1.35. The average molecular weight is 860 g/mol. The van der Waals surface area contributed by atoms with Crippen molar-refractivity contribution in [3.63, 3.8) is 0 Å². The van der Waals surface area contributed by atoms with Crippen LogP contribution in [0.1, 0.15) is 139 Å². The number of allylic oxidation sites excluding steroid dienone is 1. The van der Waals surface area contributed by atoms with Crippen molar-refractivity contribution < 1.29 is 71.6 Å². The number of carbonyl (C=O) groups excluding carboxylic acids is 3. The molecule has 7 heterocycles. The summed E-state index contributed by atoms with van der Waals surface area (Å²) in [7, 11) is 0. The Bertz CT molecular complexity index is 1700. The Morgan fingerprint density at radius 2 is 1.43 bits per heavy atom. The predicted molar refractivity (Wildman–Crippen MR) is 218 cm³/mol. The highest BCUT2D eigenvalue weighted by atomic mass is 17.0. The van der Waals surface area contributed by atoms with E-state index in [9.17, 15) is 24.6 Å². The van der Waals surface area contributed by atoms with Gasteiger partial charge in [0.2, 0.25) is 0 Å². The van der Waals surface area contributed by atoms with Crippen LogP contribution in [0.4, 0.5) is 0 Å². The zero-order valence-electron chi connectivity index (χ0n) is 37.2. The third-order valence-corrected chi connectivity index (χ3v) is 15.0. The second-order valence-corrected chi connectivity index (χ2v) is 19.9. The predicted octanol–water partition coefficient (Wildman–Crippen LogP) is 5.32. The second kappa shape index (κ2) is 17.8. The molecule has 16 heteroatoms. The number of ether oxygens (including phenoxy) is 6. The number of aliphatic hydroxyl groups is 2. The molecular formula is C45H68BO15-. The molecule has 6 saturated heterocycles. The van der Waals surface area contributed by atoms with E-state index in [0.29, 0.717) is 64.2 Å². The Kier molecular flexibility index (Phi) is 13.5. The summed E-state index contributed by atoms with van der Waals surface area (Å²) in [6.45, 7) is 11.5. The van der Waals surface area contributed by atoms with Crippen molar-refractivity contribution in [1.29, 1.82) is 0 Å². The fourth-order valence-electron chi connectivity index (χ4n) is 10.5. The van der Waals surface area contributed by atoms with E-state index < -0.39 is 120 Å². The van der Waals surface area contributed by atoms with Gasteiger partial charge in [0.05, 0.1) is 43.0 Å². The lowest BCUT2D eigenvalue weighted by Crippen LogP contribution is -2.61. The van der Waals surface area contributed by atoms with Gasteiger partial charge in [0.25, 0.3) is 0 Å². The van der Waals surface area contributed by atoms with Crippen LogP contribution in [0.5, 0.6) is 0 Å². The number of fused-ring (bicyclic) bond motifs is 6. The number of esters is 3. The van der Waals surface area contributed by atoms with Gasteiger partial charge in [0.15, 0.2) is 23.8 Å². The summed E-state index contributed by atoms with van der Waals surface area (Å²) in [6.07, 6.45) is 5.32. The Morgan fingerprint density at radius 3 is 2.02 bits per heavy atom. The minimum Gasteiger partial charge on any atom is -0.504 e. The molecule has 0 aromatic carbocycles. The SMILES string of the molecule is C#CCCC(=O)O[C@H](C)[C@@H]1C/C=C\CC[C@H](O)C(C)(C)[C@@H]2CC[C@@H](C)[C@]3(O2)O[B-]24O[C@@H](C(=O)O1)[C@@]1(O[C@@H](CC[C@H]1C)C(C)(C)[C@H](O)CCC[C@@H]1C[C@H](OC(=O)[C@@H]3O2)[C@@H](C)O1)O4. The van der Waals surface area contributed by atoms with Gasteiger partial charge in [-0.2, -0.15) is 0 Å². The van der Waals surface area contributed by atoms with Crippen LogP contribution < -0.4 is 0 Å². The summed E-state index contributed by atoms with van der Waals surface area (Å²) < 4.78 is 65.8. The first-order valence-electron chi connectivity index (χ1n) is 22.7. The van der Waals surface area contributed by atoms with Gasteiger partial charge in [0.1, 0.15) is 18.3 Å². The van der Waals surface area contributed by atoms with Crippen LogP contribution >= 0.6 is 0 Å². The molecule has 15 nitrogen and oxygen atoms in total. The number of hydrogen-bond donors (Lipinski definition) is 2. The largest absolute Gasteiger partial charge is 0.536 e. The summed E-state index contributed by atoms with van der Waals surface area (Å²) in [4.78, 5) is 42.5. The minimum atomic E-state index is -3.52. The number of cyclic esters (lactones) is 1. The molecule has 7 aliphatic rings. The molecule has 1 unspecified atom stereocenters.